The third kappa shape index (κ3) is 2.57. The van der Waals surface area contributed by atoms with Crippen molar-refractivity contribution >= 4 is 31.9 Å². The lowest BCUT2D eigenvalue weighted by Crippen LogP contribution is -2.14. The standard InChI is InChI=1S/C10H9Br2N/c1-3-10(13-2)8-5-4-7(11)6-9(8)12/h1,4-6,10,13H,2H3. The zero-order chi connectivity index (χ0) is 9.84. The molecule has 1 rings (SSSR count). The number of nitrogens with one attached hydrogen (secondary N) is 1. The van der Waals surface area contributed by atoms with Gasteiger partial charge in [-0.05, 0) is 24.7 Å². The Hall–Kier alpha value is -0.300. The summed E-state index contributed by atoms with van der Waals surface area (Å²) in [5.41, 5.74) is 1.08. The van der Waals surface area contributed by atoms with E-state index in [-0.39, 0.29) is 6.04 Å². The second-order valence-electron chi connectivity index (χ2n) is 2.55. The first-order chi connectivity index (χ1) is 6.19. The van der Waals surface area contributed by atoms with Gasteiger partial charge in [-0.3, -0.25) is 0 Å². The maximum absolute atomic E-state index is 5.38. The summed E-state index contributed by atoms with van der Waals surface area (Å²) in [7, 11) is 1.85. The highest BCUT2D eigenvalue weighted by Gasteiger charge is 2.08. The molecule has 0 saturated heterocycles. The van der Waals surface area contributed by atoms with Gasteiger partial charge in [-0.25, -0.2) is 0 Å². The summed E-state index contributed by atoms with van der Waals surface area (Å²) >= 11 is 6.85. The molecular formula is C10H9Br2N. The number of hydrogen-bond acceptors (Lipinski definition) is 1. The van der Waals surface area contributed by atoms with Gasteiger partial charge in [0.2, 0.25) is 0 Å². The molecule has 0 aliphatic carbocycles. The van der Waals surface area contributed by atoms with E-state index in [1.165, 1.54) is 0 Å². The Morgan fingerprint density at radius 1 is 1.46 bits per heavy atom. The van der Waals surface area contributed by atoms with E-state index in [0.29, 0.717) is 0 Å². The summed E-state index contributed by atoms with van der Waals surface area (Å²) in [6.45, 7) is 0. The Morgan fingerprint density at radius 3 is 2.62 bits per heavy atom. The van der Waals surface area contributed by atoms with E-state index in [2.05, 4.69) is 43.1 Å². The highest BCUT2D eigenvalue weighted by atomic mass is 79.9. The van der Waals surface area contributed by atoms with E-state index in [1.54, 1.807) is 0 Å². The van der Waals surface area contributed by atoms with Crippen molar-refractivity contribution in [1.29, 1.82) is 0 Å². The molecule has 0 spiro atoms. The van der Waals surface area contributed by atoms with Crippen LogP contribution in [0, 0.1) is 12.3 Å². The molecule has 1 unspecified atom stereocenters. The van der Waals surface area contributed by atoms with Gasteiger partial charge in [0.15, 0.2) is 0 Å². The highest BCUT2D eigenvalue weighted by Crippen LogP contribution is 2.26. The molecule has 13 heavy (non-hydrogen) atoms. The molecule has 1 aromatic rings. The molecule has 0 radical (unpaired) electrons. The van der Waals surface area contributed by atoms with Gasteiger partial charge in [-0.2, -0.15) is 0 Å². The van der Waals surface area contributed by atoms with Gasteiger partial charge in [0.25, 0.3) is 0 Å². The molecule has 0 aliphatic rings. The van der Waals surface area contributed by atoms with Crippen LogP contribution in [0.5, 0.6) is 0 Å². The Kier molecular flexibility index (Phi) is 3.98. The molecule has 0 aromatic heterocycles. The smallest absolute Gasteiger partial charge is 0.0951 e. The molecule has 1 N–H and O–H groups in total. The first kappa shape index (κ1) is 10.8. The predicted octanol–water partition coefficient (Wildman–Crippen LogP) is 3.11. The van der Waals surface area contributed by atoms with Gasteiger partial charge in [0.1, 0.15) is 0 Å². The Balaban J connectivity index is 3.09. The molecule has 0 heterocycles. The average molecular weight is 303 g/mol. The molecule has 1 nitrogen and oxygen atoms in total. The fraction of sp³-hybridized carbons (Fsp3) is 0.200. The fourth-order valence-electron chi connectivity index (χ4n) is 1.06. The summed E-state index contributed by atoms with van der Waals surface area (Å²) < 4.78 is 2.05. The Labute approximate surface area is 95.2 Å². The van der Waals surface area contributed by atoms with Gasteiger partial charge in [-0.1, -0.05) is 43.8 Å². The minimum Gasteiger partial charge on any atom is -0.303 e. The molecule has 0 aliphatic heterocycles. The van der Waals surface area contributed by atoms with Crippen molar-refractivity contribution in [3.05, 3.63) is 32.7 Å². The van der Waals surface area contributed by atoms with Crippen LogP contribution in [0.4, 0.5) is 0 Å². The van der Waals surface area contributed by atoms with Crippen LogP contribution in [0.1, 0.15) is 11.6 Å². The topological polar surface area (TPSA) is 12.0 Å². The summed E-state index contributed by atoms with van der Waals surface area (Å²) in [4.78, 5) is 0. The molecule has 0 fully saturated rings. The summed E-state index contributed by atoms with van der Waals surface area (Å²) in [5, 5.41) is 3.05. The zero-order valence-corrected chi connectivity index (χ0v) is 10.3. The van der Waals surface area contributed by atoms with Crippen LogP contribution in [0.2, 0.25) is 0 Å². The first-order valence-electron chi connectivity index (χ1n) is 3.77. The van der Waals surface area contributed by atoms with Gasteiger partial charge in [0.05, 0.1) is 6.04 Å². The maximum atomic E-state index is 5.38. The number of benzene rings is 1. The molecule has 68 valence electrons. The molecule has 1 aromatic carbocycles. The van der Waals surface area contributed by atoms with E-state index in [0.717, 1.165) is 14.5 Å². The van der Waals surface area contributed by atoms with E-state index in [1.807, 2.05) is 25.2 Å². The monoisotopic (exact) mass is 301 g/mol. The van der Waals surface area contributed by atoms with E-state index >= 15 is 0 Å². The van der Waals surface area contributed by atoms with Gasteiger partial charge < -0.3 is 5.32 Å². The predicted molar refractivity (Wildman–Crippen MR) is 62.5 cm³/mol. The number of halogens is 2. The normalized spacial score (nSPS) is 12.2. The van der Waals surface area contributed by atoms with E-state index in [4.69, 9.17) is 6.42 Å². The Bertz CT molecular complexity index is 341. The van der Waals surface area contributed by atoms with Gasteiger partial charge >= 0.3 is 0 Å². The van der Waals surface area contributed by atoms with Crippen molar-refractivity contribution in [1.82, 2.24) is 5.32 Å². The van der Waals surface area contributed by atoms with Crippen LogP contribution < -0.4 is 5.32 Å². The minimum absolute atomic E-state index is 0.0394. The SMILES string of the molecule is C#CC(NC)c1ccc(Br)cc1Br. The summed E-state index contributed by atoms with van der Waals surface area (Å²) in [6.07, 6.45) is 5.38. The van der Waals surface area contributed by atoms with Crippen LogP contribution >= 0.6 is 31.9 Å². The van der Waals surface area contributed by atoms with Crippen molar-refractivity contribution in [3.63, 3.8) is 0 Å². The largest absolute Gasteiger partial charge is 0.303 e. The van der Waals surface area contributed by atoms with Gasteiger partial charge in [0, 0.05) is 8.95 Å². The molecule has 0 amide bonds. The molecule has 0 saturated carbocycles. The van der Waals surface area contributed by atoms with Crippen molar-refractivity contribution in [2.24, 2.45) is 0 Å². The van der Waals surface area contributed by atoms with Crippen LogP contribution in [0.25, 0.3) is 0 Å². The van der Waals surface area contributed by atoms with Crippen LogP contribution in [-0.4, -0.2) is 7.05 Å². The van der Waals surface area contributed by atoms with Crippen LogP contribution in [0.15, 0.2) is 27.1 Å². The Morgan fingerprint density at radius 2 is 2.15 bits per heavy atom. The quantitative estimate of drug-likeness (QED) is 0.828. The second-order valence-corrected chi connectivity index (χ2v) is 4.32. The maximum Gasteiger partial charge on any atom is 0.0951 e. The minimum atomic E-state index is -0.0394. The molecule has 0 bridgehead atoms. The lowest BCUT2D eigenvalue weighted by molar-refractivity contribution is 0.733. The highest BCUT2D eigenvalue weighted by molar-refractivity contribution is 9.11. The van der Waals surface area contributed by atoms with Crippen molar-refractivity contribution in [2.45, 2.75) is 6.04 Å². The molecule has 1 atom stereocenters. The summed E-state index contributed by atoms with van der Waals surface area (Å²) in [6, 6.07) is 5.91. The molecule has 3 heteroatoms. The lowest BCUT2D eigenvalue weighted by Gasteiger charge is -2.11. The second kappa shape index (κ2) is 4.80. The van der Waals surface area contributed by atoms with Crippen molar-refractivity contribution in [3.8, 4) is 12.3 Å². The number of hydrogen-bond donors (Lipinski definition) is 1. The average Bonchev–Trinajstić information content (AvgIpc) is 2.10. The van der Waals surface area contributed by atoms with Crippen molar-refractivity contribution in [2.75, 3.05) is 7.05 Å². The fourth-order valence-corrected chi connectivity index (χ4v) is 2.34. The first-order valence-corrected chi connectivity index (χ1v) is 5.36. The van der Waals surface area contributed by atoms with Crippen LogP contribution in [-0.2, 0) is 0 Å². The van der Waals surface area contributed by atoms with Crippen molar-refractivity contribution < 1.29 is 0 Å². The molecular weight excluding hydrogens is 294 g/mol. The third-order valence-corrected chi connectivity index (χ3v) is 2.91. The van der Waals surface area contributed by atoms with Gasteiger partial charge in [-0.15, -0.1) is 6.42 Å². The summed E-state index contributed by atoms with van der Waals surface area (Å²) in [5.74, 6) is 2.67. The number of terminal acetylenes is 1. The zero-order valence-electron chi connectivity index (χ0n) is 7.14. The van der Waals surface area contributed by atoms with E-state index in [9.17, 15) is 0 Å². The van der Waals surface area contributed by atoms with E-state index < -0.39 is 0 Å². The lowest BCUT2D eigenvalue weighted by atomic mass is 10.1. The third-order valence-electron chi connectivity index (χ3n) is 1.73. The van der Waals surface area contributed by atoms with Crippen LogP contribution in [0.3, 0.4) is 0 Å². The number of rotatable bonds is 2.